The molecule has 0 aliphatic rings. The molecule has 0 fully saturated rings. The Kier molecular flexibility index (Phi) is 24.8. The van der Waals surface area contributed by atoms with Crippen molar-refractivity contribution in [3.63, 3.8) is 0 Å². The van der Waals surface area contributed by atoms with Crippen molar-refractivity contribution in [3.8, 4) is 88.1 Å². The Labute approximate surface area is 609 Å². The van der Waals surface area contributed by atoms with E-state index in [-0.39, 0.29) is 55.2 Å². The number of nitrogens with zero attached hydrogens (tertiary/aromatic N) is 22. The Hall–Kier alpha value is -11.7. The SMILES string of the molecule is Cc1nc(C)nc(C(F)(F)F)n1.Cc1nc(C)nc(F)n1.Cc1nnc(-c2c(F)c(F)c(-c3nnc(C)o3)c(F)c2F)o1.Cc1nnc(-c2c(F)c(F)c(-c3nnc(C)s3)c(F)c2F)s1.Cc1nnc(-c2c(F)c(F)c(F)c(-c3nnc(C)o3)c2F)o1.Cc1nnc(-c2c(F)c(F)c(F)c(-c3nnc(C)s3)c2F)s1. The smallest absolute Gasteiger partial charge is 0.421 e. The lowest BCUT2D eigenvalue weighted by atomic mass is 10.1. The monoisotopic (exact) mass is 1620 g/mol. The molecule has 0 spiro atoms. The van der Waals surface area contributed by atoms with Crippen molar-refractivity contribution < 1.29 is 105 Å². The molecule has 109 heavy (non-hydrogen) atoms. The van der Waals surface area contributed by atoms with Crippen LogP contribution < -0.4 is 0 Å². The van der Waals surface area contributed by atoms with Crippen LogP contribution in [0.25, 0.3) is 88.1 Å². The number of hydrogen-bond donors (Lipinski definition) is 0. The van der Waals surface area contributed by atoms with Crippen molar-refractivity contribution in [2.45, 2.75) is 89.3 Å². The Balaban J connectivity index is 0.000000154. The van der Waals surface area contributed by atoms with Crippen LogP contribution in [0.4, 0.5) is 87.8 Å². The normalized spacial score (nSPS) is 11.1. The van der Waals surface area contributed by atoms with Gasteiger partial charge in [0.05, 0.1) is 22.3 Å². The van der Waals surface area contributed by atoms with Gasteiger partial charge in [-0.05, 0) is 55.4 Å². The van der Waals surface area contributed by atoms with Crippen molar-refractivity contribution in [2.75, 3.05) is 0 Å². The molecule has 26 nitrogen and oxygen atoms in total. The predicted octanol–water partition coefficient (Wildman–Crippen LogP) is 15.8. The summed E-state index contributed by atoms with van der Waals surface area (Å²) in [5.41, 5.74) is -7.47. The largest absolute Gasteiger partial charge is 0.451 e. The van der Waals surface area contributed by atoms with E-state index in [2.05, 4.69) is 111 Å². The van der Waals surface area contributed by atoms with Crippen LogP contribution in [0, 0.1) is 182 Å². The molecule has 4 aromatic carbocycles. The molecule has 0 saturated heterocycles. The molecule has 14 aromatic rings. The van der Waals surface area contributed by atoms with Crippen LogP contribution in [0.1, 0.15) is 72.7 Å². The van der Waals surface area contributed by atoms with Crippen molar-refractivity contribution in [3.05, 3.63) is 172 Å². The molecule has 0 atom stereocenters. The van der Waals surface area contributed by atoms with Crippen molar-refractivity contribution in [1.29, 1.82) is 0 Å². The molecule has 0 radical (unpaired) electrons. The summed E-state index contributed by atoms with van der Waals surface area (Å²) in [6, 6.07) is 0. The van der Waals surface area contributed by atoms with Crippen molar-refractivity contribution in [2.24, 2.45) is 0 Å². The molecule has 0 aliphatic carbocycles. The van der Waals surface area contributed by atoms with E-state index >= 15 is 0 Å². The van der Waals surface area contributed by atoms with Gasteiger partial charge in [-0.3, -0.25) is 0 Å². The standard InChI is InChI=1S/2C12H6F4N4O2.2C12H6F4N4S2.C6H6F3N3.C5H6FN3/c1-3-17-19-11(21-3)5-7(13)9(15)6(10(16)8(5)14)12-20-18-4(2)22-12;1-3-17-19-11(21-3)5-7(13)6(9(15)10(16)8(5)14)12-20-18-4(2)22-12;1-3-17-19-11(21-3)5-7(13)9(15)6(10(16)8(5)14)12-20-18-4(2)22-12;1-3-17-19-11(21-3)5-7(13)6(9(15)10(16)8(5)14)12-20-18-4(2)22-12;1-3-10-4(2)12-5(11-3)6(7,8)9;1-3-7-4(2)9-5(6)8-3/h4*1-2H3;1-2H3;1-2H3. The fourth-order valence-electron chi connectivity index (χ4n) is 8.53. The summed E-state index contributed by atoms with van der Waals surface area (Å²) < 4.78 is 293. The van der Waals surface area contributed by atoms with E-state index < -0.39 is 179 Å². The van der Waals surface area contributed by atoms with Gasteiger partial charge < -0.3 is 17.7 Å². The third-order valence-electron chi connectivity index (χ3n) is 12.9. The highest BCUT2D eigenvalue weighted by atomic mass is 32.1. The first-order chi connectivity index (χ1) is 51.2. The molecule has 14 rings (SSSR count). The van der Waals surface area contributed by atoms with E-state index in [0.717, 1.165) is 45.3 Å². The van der Waals surface area contributed by atoms with Crippen LogP contribution in [-0.4, -0.2) is 111 Å². The molecule has 10 aromatic heterocycles. The summed E-state index contributed by atoms with van der Waals surface area (Å²) in [5.74, 6) is -29.1. The summed E-state index contributed by atoms with van der Waals surface area (Å²) in [6.07, 6.45) is -5.20. The van der Waals surface area contributed by atoms with E-state index in [4.69, 9.17) is 17.7 Å². The van der Waals surface area contributed by atoms with Crippen LogP contribution >= 0.6 is 45.3 Å². The van der Waals surface area contributed by atoms with Gasteiger partial charge >= 0.3 is 12.3 Å². The number of hydrogen-bond acceptors (Lipinski definition) is 30. The zero-order chi connectivity index (χ0) is 80.3. The second kappa shape index (κ2) is 33.2. The number of aryl methyl sites for hydroxylation is 12. The number of rotatable bonds is 8. The molecule has 0 bridgehead atoms. The van der Waals surface area contributed by atoms with Crippen molar-refractivity contribution >= 4 is 45.3 Å². The third kappa shape index (κ3) is 18.0. The number of benzene rings is 4. The highest BCUT2D eigenvalue weighted by molar-refractivity contribution is 7.15. The molecular formula is C59H36F20N22O4S4. The lowest BCUT2D eigenvalue weighted by Crippen LogP contribution is -2.13. The lowest BCUT2D eigenvalue weighted by Gasteiger charge is -2.08. The summed E-state index contributed by atoms with van der Waals surface area (Å²) in [6.45, 7) is 17.7. The minimum atomic E-state index is -4.49. The van der Waals surface area contributed by atoms with Crippen LogP contribution in [0.15, 0.2) is 17.7 Å². The highest BCUT2D eigenvalue weighted by Crippen LogP contribution is 2.43. The zero-order valence-electron chi connectivity index (χ0n) is 56.2. The first-order valence-corrected chi connectivity index (χ1v) is 32.4. The summed E-state index contributed by atoms with van der Waals surface area (Å²) in [5, 5.41) is 56.5. The Bertz CT molecular complexity index is 5030. The maximum absolute atomic E-state index is 14.6. The van der Waals surface area contributed by atoms with Gasteiger partial charge in [0.2, 0.25) is 29.4 Å². The molecule has 0 N–H and O–H groups in total. The first-order valence-electron chi connectivity index (χ1n) is 29.2. The third-order valence-corrected chi connectivity index (χ3v) is 16.3. The average molecular weight is 1630 g/mol. The van der Waals surface area contributed by atoms with E-state index in [1.54, 1.807) is 41.5 Å². The minimum absolute atomic E-state index is 0.00582. The molecule has 50 heteroatoms. The van der Waals surface area contributed by atoms with E-state index in [9.17, 15) is 87.8 Å². The minimum Gasteiger partial charge on any atom is -0.421 e. The topological polar surface area (TPSA) is 336 Å². The quantitative estimate of drug-likeness (QED) is 0.0774. The van der Waals surface area contributed by atoms with Crippen LogP contribution in [0.2, 0.25) is 0 Å². The van der Waals surface area contributed by atoms with Gasteiger partial charge in [-0.25, -0.2) is 90.2 Å². The molecule has 10 heterocycles. The maximum atomic E-state index is 14.6. The number of aromatic nitrogens is 22. The van der Waals surface area contributed by atoms with E-state index in [1.807, 2.05) is 0 Å². The second-order valence-electron chi connectivity index (χ2n) is 21.0. The summed E-state index contributed by atoms with van der Waals surface area (Å²) >= 11 is 3.40. The van der Waals surface area contributed by atoms with Gasteiger partial charge in [0.15, 0.2) is 107 Å². The van der Waals surface area contributed by atoms with Crippen LogP contribution in [-0.2, 0) is 6.18 Å². The Morgan fingerprint density at radius 3 is 0.633 bits per heavy atom. The first kappa shape index (κ1) is 81.4. The van der Waals surface area contributed by atoms with Crippen LogP contribution in [0.5, 0.6) is 0 Å². The molecule has 0 aliphatic heterocycles. The number of halogens is 20. The van der Waals surface area contributed by atoms with Gasteiger partial charge in [-0.1, -0.05) is 45.3 Å². The van der Waals surface area contributed by atoms with Crippen molar-refractivity contribution in [1.82, 2.24) is 111 Å². The van der Waals surface area contributed by atoms with Gasteiger partial charge in [0.25, 0.3) is 23.6 Å². The van der Waals surface area contributed by atoms with Gasteiger partial charge in [0.1, 0.15) is 71.4 Å². The number of alkyl halides is 3. The van der Waals surface area contributed by atoms with Gasteiger partial charge in [-0.15, -0.1) is 81.6 Å². The van der Waals surface area contributed by atoms with Gasteiger partial charge in [0, 0.05) is 27.7 Å². The summed E-state index contributed by atoms with van der Waals surface area (Å²) in [4.78, 5) is 20.4. The predicted molar refractivity (Wildman–Crippen MR) is 335 cm³/mol. The Morgan fingerprint density at radius 1 is 0.220 bits per heavy atom. The lowest BCUT2D eigenvalue weighted by molar-refractivity contribution is -0.145. The van der Waals surface area contributed by atoms with Gasteiger partial charge in [-0.2, -0.15) is 27.5 Å². The average Bonchev–Trinajstić information content (AvgIpc) is 1.77. The van der Waals surface area contributed by atoms with Crippen LogP contribution in [0.3, 0.4) is 0 Å². The van der Waals surface area contributed by atoms with E-state index in [0.29, 0.717) is 31.7 Å². The highest BCUT2D eigenvalue weighted by Gasteiger charge is 2.38. The fraction of sp³-hybridized carbons (Fsp3) is 0.220. The Morgan fingerprint density at radius 2 is 0.422 bits per heavy atom. The second-order valence-corrected chi connectivity index (χ2v) is 25.7. The molecule has 0 saturated carbocycles. The molecule has 0 unspecified atom stereocenters. The maximum Gasteiger partial charge on any atom is 0.451 e. The molecule has 570 valence electrons. The summed E-state index contributed by atoms with van der Waals surface area (Å²) in [7, 11) is 0. The van der Waals surface area contributed by atoms with E-state index in [1.165, 1.54) is 41.5 Å². The molecule has 0 amide bonds. The molecular weight excluding hydrogens is 1590 g/mol. The zero-order valence-corrected chi connectivity index (χ0v) is 59.4. The fourth-order valence-corrected chi connectivity index (χ4v) is 11.4.